The first-order valence-corrected chi connectivity index (χ1v) is 6.66. The Balaban J connectivity index is 4.64. The van der Waals surface area contributed by atoms with Crippen LogP contribution in [0.1, 0.15) is 54.4 Å². The van der Waals surface area contributed by atoms with Gasteiger partial charge in [0.2, 0.25) is 5.91 Å². The van der Waals surface area contributed by atoms with Crippen molar-refractivity contribution in [3.63, 3.8) is 0 Å². The highest BCUT2D eigenvalue weighted by molar-refractivity contribution is 5.79. The van der Waals surface area contributed by atoms with Crippen molar-refractivity contribution in [2.45, 2.75) is 59.9 Å². The maximum Gasteiger partial charge on any atom is 0.223 e. The van der Waals surface area contributed by atoms with E-state index < -0.39 is 5.54 Å². The molecule has 0 bridgehead atoms. The molecule has 0 radical (unpaired) electrons. The molecule has 2 atom stereocenters. The van der Waals surface area contributed by atoms with E-state index in [1.54, 1.807) is 0 Å². The Morgan fingerprint density at radius 3 is 2.18 bits per heavy atom. The molecule has 0 rings (SSSR count). The average molecular weight is 243 g/mol. The van der Waals surface area contributed by atoms with E-state index in [-0.39, 0.29) is 18.4 Å². The molecule has 0 aromatic rings. The number of rotatable bonds is 7. The number of hydrogen-bond acceptors (Lipinski definition) is 2. The zero-order chi connectivity index (χ0) is 13.6. The van der Waals surface area contributed by atoms with E-state index in [1.807, 2.05) is 13.8 Å². The van der Waals surface area contributed by atoms with Gasteiger partial charge in [-0.1, -0.05) is 34.1 Å². The van der Waals surface area contributed by atoms with Gasteiger partial charge in [0.1, 0.15) is 0 Å². The van der Waals surface area contributed by atoms with Crippen LogP contribution >= 0.6 is 0 Å². The Bertz CT molecular complexity index is 236. The highest BCUT2D eigenvalue weighted by Crippen LogP contribution is 2.24. The molecule has 0 aliphatic heterocycles. The summed E-state index contributed by atoms with van der Waals surface area (Å²) in [7, 11) is 0. The van der Waals surface area contributed by atoms with Crippen molar-refractivity contribution in [1.82, 2.24) is 5.32 Å². The summed E-state index contributed by atoms with van der Waals surface area (Å²) >= 11 is 0. The minimum Gasteiger partial charge on any atom is -0.394 e. The van der Waals surface area contributed by atoms with E-state index >= 15 is 0 Å². The van der Waals surface area contributed by atoms with E-state index in [9.17, 15) is 9.90 Å². The Morgan fingerprint density at radius 2 is 1.82 bits per heavy atom. The predicted molar refractivity (Wildman–Crippen MR) is 71.7 cm³/mol. The third-order valence-electron chi connectivity index (χ3n) is 3.25. The number of amides is 1. The van der Waals surface area contributed by atoms with Gasteiger partial charge in [-0.15, -0.1) is 0 Å². The van der Waals surface area contributed by atoms with Crippen molar-refractivity contribution >= 4 is 5.91 Å². The third kappa shape index (κ3) is 6.06. The van der Waals surface area contributed by atoms with Crippen LogP contribution in [-0.2, 0) is 4.79 Å². The maximum absolute atomic E-state index is 12.2. The summed E-state index contributed by atoms with van der Waals surface area (Å²) in [6, 6.07) is 0. The summed E-state index contributed by atoms with van der Waals surface area (Å²) in [6.45, 7) is 12.2. The SMILES string of the molecule is CCC(C)C(CC(C)C)C(=O)NC(C)(C)CO. The smallest absolute Gasteiger partial charge is 0.223 e. The van der Waals surface area contributed by atoms with Gasteiger partial charge in [0.25, 0.3) is 0 Å². The van der Waals surface area contributed by atoms with Gasteiger partial charge in [-0.05, 0) is 32.1 Å². The zero-order valence-electron chi connectivity index (χ0n) is 12.2. The van der Waals surface area contributed by atoms with Crippen LogP contribution in [0.15, 0.2) is 0 Å². The third-order valence-corrected chi connectivity index (χ3v) is 3.25. The van der Waals surface area contributed by atoms with E-state index in [0.29, 0.717) is 11.8 Å². The summed E-state index contributed by atoms with van der Waals surface area (Å²) in [5, 5.41) is 12.1. The molecule has 0 saturated heterocycles. The molecule has 3 heteroatoms. The molecular formula is C14H29NO2. The largest absolute Gasteiger partial charge is 0.394 e. The second-order valence-electron chi connectivity index (χ2n) is 6.15. The first kappa shape index (κ1) is 16.4. The number of carbonyl (C=O) groups is 1. The fraction of sp³-hybridized carbons (Fsp3) is 0.929. The van der Waals surface area contributed by atoms with E-state index in [1.165, 1.54) is 0 Å². The fourth-order valence-electron chi connectivity index (χ4n) is 1.86. The van der Waals surface area contributed by atoms with Gasteiger partial charge in [-0.25, -0.2) is 0 Å². The van der Waals surface area contributed by atoms with Crippen LogP contribution in [0.2, 0.25) is 0 Å². The Hall–Kier alpha value is -0.570. The normalized spacial score (nSPS) is 15.8. The second-order valence-corrected chi connectivity index (χ2v) is 6.15. The molecule has 102 valence electrons. The van der Waals surface area contributed by atoms with Crippen molar-refractivity contribution in [3.05, 3.63) is 0 Å². The molecule has 0 aromatic carbocycles. The molecule has 2 N–H and O–H groups in total. The summed E-state index contributed by atoms with van der Waals surface area (Å²) in [5.74, 6) is 1.02. The molecule has 0 aliphatic carbocycles. The molecule has 0 saturated carbocycles. The predicted octanol–water partition coefficient (Wildman–Crippen LogP) is 2.58. The summed E-state index contributed by atoms with van der Waals surface area (Å²) in [4.78, 5) is 12.2. The molecule has 1 amide bonds. The van der Waals surface area contributed by atoms with Crippen molar-refractivity contribution < 1.29 is 9.90 Å². The average Bonchev–Trinajstić information content (AvgIpc) is 2.23. The number of carbonyl (C=O) groups excluding carboxylic acids is 1. The molecule has 0 aromatic heterocycles. The molecule has 0 fully saturated rings. The number of aliphatic hydroxyl groups is 1. The van der Waals surface area contributed by atoms with Crippen molar-refractivity contribution in [3.8, 4) is 0 Å². The minimum atomic E-state index is -0.528. The topological polar surface area (TPSA) is 49.3 Å². The highest BCUT2D eigenvalue weighted by Gasteiger charge is 2.28. The summed E-state index contributed by atoms with van der Waals surface area (Å²) in [5.41, 5.74) is -0.528. The molecule has 3 nitrogen and oxygen atoms in total. The number of aliphatic hydroxyl groups excluding tert-OH is 1. The second kappa shape index (κ2) is 7.00. The number of nitrogens with one attached hydrogen (secondary N) is 1. The van der Waals surface area contributed by atoms with E-state index in [0.717, 1.165) is 12.8 Å². The van der Waals surface area contributed by atoms with E-state index in [2.05, 4.69) is 33.0 Å². The van der Waals surface area contributed by atoms with Crippen LogP contribution in [0.4, 0.5) is 0 Å². The highest BCUT2D eigenvalue weighted by atomic mass is 16.3. The Kier molecular flexibility index (Phi) is 6.76. The molecule has 0 heterocycles. The first-order chi connectivity index (χ1) is 7.73. The van der Waals surface area contributed by atoms with Gasteiger partial charge >= 0.3 is 0 Å². The first-order valence-electron chi connectivity index (χ1n) is 6.66. The van der Waals surface area contributed by atoms with Crippen LogP contribution in [0.3, 0.4) is 0 Å². The van der Waals surface area contributed by atoms with Crippen LogP contribution < -0.4 is 5.32 Å². The van der Waals surface area contributed by atoms with Gasteiger partial charge in [-0.3, -0.25) is 4.79 Å². The van der Waals surface area contributed by atoms with Crippen LogP contribution in [-0.4, -0.2) is 23.2 Å². The molecule has 2 unspecified atom stereocenters. The fourth-order valence-corrected chi connectivity index (χ4v) is 1.86. The molecule has 17 heavy (non-hydrogen) atoms. The Morgan fingerprint density at radius 1 is 1.29 bits per heavy atom. The summed E-state index contributed by atoms with van der Waals surface area (Å²) < 4.78 is 0. The van der Waals surface area contributed by atoms with Crippen LogP contribution in [0.25, 0.3) is 0 Å². The lowest BCUT2D eigenvalue weighted by molar-refractivity contribution is -0.129. The van der Waals surface area contributed by atoms with Crippen LogP contribution in [0, 0.1) is 17.8 Å². The van der Waals surface area contributed by atoms with Gasteiger partial charge in [0.05, 0.1) is 12.1 Å². The van der Waals surface area contributed by atoms with Crippen molar-refractivity contribution in [2.75, 3.05) is 6.61 Å². The van der Waals surface area contributed by atoms with Crippen molar-refractivity contribution in [2.24, 2.45) is 17.8 Å². The molecular weight excluding hydrogens is 214 g/mol. The lowest BCUT2D eigenvalue weighted by atomic mass is 9.84. The maximum atomic E-state index is 12.2. The quantitative estimate of drug-likeness (QED) is 0.722. The monoisotopic (exact) mass is 243 g/mol. The van der Waals surface area contributed by atoms with Gasteiger partial charge in [0.15, 0.2) is 0 Å². The zero-order valence-corrected chi connectivity index (χ0v) is 12.2. The summed E-state index contributed by atoms with van der Waals surface area (Å²) in [6.07, 6.45) is 1.91. The minimum absolute atomic E-state index is 0.0341. The lowest BCUT2D eigenvalue weighted by Crippen LogP contribution is -2.49. The van der Waals surface area contributed by atoms with Gasteiger partial charge in [0, 0.05) is 5.92 Å². The Labute approximate surface area is 106 Å². The number of hydrogen-bond donors (Lipinski definition) is 2. The molecule has 0 aliphatic rings. The standard InChI is InChI=1S/C14H29NO2/c1-7-11(4)12(8-10(2)3)13(17)15-14(5,6)9-16/h10-12,16H,7-9H2,1-6H3,(H,15,17). The van der Waals surface area contributed by atoms with Crippen LogP contribution in [0.5, 0.6) is 0 Å². The van der Waals surface area contributed by atoms with Gasteiger partial charge in [-0.2, -0.15) is 0 Å². The lowest BCUT2D eigenvalue weighted by Gasteiger charge is -2.30. The van der Waals surface area contributed by atoms with E-state index in [4.69, 9.17) is 0 Å². The van der Waals surface area contributed by atoms with Gasteiger partial charge < -0.3 is 10.4 Å². The molecule has 0 spiro atoms. The van der Waals surface area contributed by atoms with Crippen molar-refractivity contribution in [1.29, 1.82) is 0 Å².